The van der Waals surface area contributed by atoms with Gasteiger partial charge in [-0.1, -0.05) is 24.3 Å². The molecule has 0 saturated carbocycles. The van der Waals surface area contributed by atoms with Gasteiger partial charge < -0.3 is 14.2 Å². The first-order chi connectivity index (χ1) is 13.0. The van der Waals surface area contributed by atoms with Crippen molar-refractivity contribution in [1.82, 2.24) is 4.31 Å². The molecule has 2 aromatic rings. The lowest BCUT2D eigenvalue weighted by atomic mass is 9.98. The van der Waals surface area contributed by atoms with Crippen LogP contribution in [0.25, 0.3) is 5.57 Å². The average Bonchev–Trinajstić information content (AvgIpc) is 2.73. The minimum atomic E-state index is -3.50. The van der Waals surface area contributed by atoms with Gasteiger partial charge in [0.1, 0.15) is 17.2 Å². The van der Waals surface area contributed by atoms with E-state index in [0.29, 0.717) is 41.7 Å². The molecule has 0 unspecified atom stereocenters. The molecule has 0 aliphatic carbocycles. The summed E-state index contributed by atoms with van der Waals surface area (Å²) in [7, 11) is 1.26. The fourth-order valence-corrected chi connectivity index (χ4v) is 4.56. The summed E-state index contributed by atoms with van der Waals surface area (Å²) in [6, 6.07) is 12.1. The molecule has 0 radical (unpaired) electrons. The van der Waals surface area contributed by atoms with Crippen LogP contribution in [0.1, 0.15) is 12.0 Å². The van der Waals surface area contributed by atoms with Crippen molar-refractivity contribution in [2.45, 2.75) is 11.3 Å². The van der Waals surface area contributed by atoms with Crippen molar-refractivity contribution in [2.75, 3.05) is 34.4 Å². The summed E-state index contributed by atoms with van der Waals surface area (Å²) in [6.45, 7) is 0.687. The van der Waals surface area contributed by atoms with E-state index in [4.69, 9.17) is 14.2 Å². The molecule has 1 heterocycles. The highest BCUT2D eigenvalue weighted by molar-refractivity contribution is 7.89. The fourth-order valence-electron chi connectivity index (χ4n) is 3.16. The number of methoxy groups -OCH3 is 3. The fraction of sp³-hybridized carbons (Fsp3) is 0.300. The predicted molar refractivity (Wildman–Crippen MR) is 104 cm³/mol. The third-order valence-corrected chi connectivity index (χ3v) is 6.47. The number of nitrogens with zero attached hydrogens (tertiary/aromatic N) is 1. The number of hydrogen-bond acceptors (Lipinski definition) is 5. The highest BCUT2D eigenvalue weighted by Gasteiger charge is 2.28. The van der Waals surface area contributed by atoms with Crippen LogP contribution >= 0.6 is 0 Å². The molecule has 0 aromatic heterocycles. The Balaban J connectivity index is 1.92. The van der Waals surface area contributed by atoms with Gasteiger partial charge in [-0.3, -0.25) is 0 Å². The van der Waals surface area contributed by atoms with Gasteiger partial charge in [-0.05, 0) is 24.1 Å². The summed E-state index contributed by atoms with van der Waals surface area (Å²) in [5, 5.41) is 0. The van der Waals surface area contributed by atoms with Crippen LogP contribution < -0.4 is 14.2 Å². The maximum atomic E-state index is 12.8. The SMILES string of the molecule is COc1cc(OC)c(C2=CCN(S(=O)(=O)c3ccccc3)CC2)c(OC)c1. The van der Waals surface area contributed by atoms with Crippen molar-refractivity contribution in [3.05, 3.63) is 54.1 Å². The normalized spacial score (nSPS) is 15.1. The molecule has 0 N–H and O–H groups in total. The summed E-state index contributed by atoms with van der Waals surface area (Å²) in [5.74, 6) is 1.91. The molecule has 0 saturated heterocycles. The summed E-state index contributed by atoms with van der Waals surface area (Å²) in [4.78, 5) is 0.307. The molecule has 3 rings (SSSR count). The molecule has 144 valence electrons. The molecule has 7 heteroatoms. The van der Waals surface area contributed by atoms with Gasteiger partial charge >= 0.3 is 0 Å². The lowest BCUT2D eigenvalue weighted by molar-refractivity contribution is 0.372. The van der Waals surface area contributed by atoms with E-state index in [2.05, 4.69) is 0 Å². The van der Waals surface area contributed by atoms with E-state index in [-0.39, 0.29) is 0 Å². The van der Waals surface area contributed by atoms with Crippen molar-refractivity contribution in [2.24, 2.45) is 0 Å². The Morgan fingerprint density at radius 2 is 1.56 bits per heavy atom. The minimum Gasteiger partial charge on any atom is -0.496 e. The van der Waals surface area contributed by atoms with E-state index in [9.17, 15) is 8.42 Å². The second kappa shape index (κ2) is 8.02. The highest BCUT2D eigenvalue weighted by Crippen LogP contribution is 2.41. The molecule has 0 fully saturated rings. The summed E-state index contributed by atoms with van der Waals surface area (Å²) in [6.07, 6.45) is 2.47. The number of benzene rings is 2. The Labute approximate surface area is 160 Å². The molecule has 0 atom stereocenters. The monoisotopic (exact) mass is 389 g/mol. The smallest absolute Gasteiger partial charge is 0.243 e. The Bertz CT molecular complexity index is 913. The zero-order valence-corrected chi connectivity index (χ0v) is 16.5. The summed E-state index contributed by atoms with van der Waals surface area (Å²) < 4.78 is 43.4. The van der Waals surface area contributed by atoms with E-state index in [0.717, 1.165) is 11.1 Å². The second-order valence-corrected chi connectivity index (χ2v) is 8.00. The Morgan fingerprint density at radius 1 is 0.926 bits per heavy atom. The van der Waals surface area contributed by atoms with Crippen molar-refractivity contribution in [1.29, 1.82) is 0 Å². The molecule has 1 aliphatic rings. The van der Waals surface area contributed by atoms with E-state index in [1.807, 2.05) is 6.08 Å². The average molecular weight is 389 g/mol. The first kappa shape index (κ1) is 19.3. The lowest BCUT2D eigenvalue weighted by Crippen LogP contribution is -2.34. The minimum absolute atomic E-state index is 0.297. The van der Waals surface area contributed by atoms with Gasteiger partial charge in [-0.25, -0.2) is 8.42 Å². The first-order valence-electron chi connectivity index (χ1n) is 8.56. The van der Waals surface area contributed by atoms with Gasteiger partial charge in [0.15, 0.2) is 0 Å². The summed E-state index contributed by atoms with van der Waals surface area (Å²) >= 11 is 0. The van der Waals surface area contributed by atoms with Crippen molar-refractivity contribution < 1.29 is 22.6 Å². The van der Waals surface area contributed by atoms with E-state index in [1.54, 1.807) is 63.8 Å². The predicted octanol–water partition coefficient (Wildman–Crippen LogP) is 3.19. The molecule has 0 bridgehead atoms. The zero-order valence-electron chi connectivity index (χ0n) is 15.6. The highest BCUT2D eigenvalue weighted by atomic mass is 32.2. The maximum Gasteiger partial charge on any atom is 0.243 e. The van der Waals surface area contributed by atoms with Crippen LogP contribution in [-0.2, 0) is 10.0 Å². The molecule has 6 nitrogen and oxygen atoms in total. The van der Waals surface area contributed by atoms with Gasteiger partial charge in [-0.15, -0.1) is 0 Å². The Kier molecular flexibility index (Phi) is 5.72. The largest absolute Gasteiger partial charge is 0.496 e. The van der Waals surface area contributed by atoms with E-state index < -0.39 is 10.0 Å². The number of rotatable bonds is 6. The van der Waals surface area contributed by atoms with Crippen molar-refractivity contribution in [3.63, 3.8) is 0 Å². The Hall–Kier alpha value is -2.51. The van der Waals surface area contributed by atoms with Crippen LogP contribution in [0.15, 0.2) is 53.4 Å². The maximum absolute atomic E-state index is 12.8. The molecule has 2 aromatic carbocycles. The van der Waals surface area contributed by atoms with Crippen molar-refractivity contribution in [3.8, 4) is 17.2 Å². The lowest BCUT2D eigenvalue weighted by Gasteiger charge is -2.27. The summed E-state index contributed by atoms with van der Waals surface area (Å²) in [5.41, 5.74) is 1.82. The topological polar surface area (TPSA) is 65.1 Å². The van der Waals surface area contributed by atoms with Crippen LogP contribution in [0.4, 0.5) is 0 Å². The number of ether oxygens (including phenoxy) is 3. The van der Waals surface area contributed by atoms with E-state index in [1.165, 1.54) is 4.31 Å². The quantitative estimate of drug-likeness (QED) is 0.759. The Morgan fingerprint density at radius 3 is 2.04 bits per heavy atom. The number of hydrogen-bond donors (Lipinski definition) is 0. The van der Waals surface area contributed by atoms with Crippen LogP contribution in [0, 0.1) is 0 Å². The third-order valence-electron chi connectivity index (χ3n) is 4.59. The van der Waals surface area contributed by atoms with Gasteiger partial charge in [0, 0.05) is 25.2 Å². The number of sulfonamides is 1. The molecular weight excluding hydrogens is 366 g/mol. The van der Waals surface area contributed by atoms with Gasteiger partial charge in [0.2, 0.25) is 10.0 Å². The second-order valence-electron chi connectivity index (χ2n) is 6.06. The van der Waals surface area contributed by atoms with E-state index >= 15 is 0 Å². The van der Waals surface area contributed by atoms with Crippen LogP contribution in [0.5, 0.6) is 17.2 Å². The van der Waals surface area contributed by atoms with Crippen LogP contribution in [0.3, 0.4) is 0 Å². The van der Waals surface area contributed by atoms with Gasteiger partial charge in [0.05, 0.1) is 31.8 Å². The zero-order chi connectivity index (χ0) is 19.4. The third kappa shape index (κ3) is 3.79. The molecule has 0 spiro atoms. The van der Waals surface area contributed by atoms with Crippen molar-refractivity contribution >= 4 is 15.6 Å². The first-order valence-corrected chi connectivity index (χ1v) is 10.00. The van der Waals surface area contributed by atoms with Crippen LogP contribution in [-0.4, -0.2) is 47.1 Å². The van der Waals surface area contributed by atoms with Gasteiger partial charge in [-0.2, -0.15) is 4.31 Å². The molecular formula is C20H23NO5S. The van der Waals surface area contributed by atoms with Gasteiger partial charge in [0.25, 0.3) is 0 Å². The standard InChI is InChI=1S/C20H23NO5S/c1-24-16-13-18(25-2)20(19(14-16)26-3)15-9-11-21(12-10-15)27(22,23)17-7-5-4-6-8-17/h4-9,13-14H,10-12H2,1-3H3. The van der Waals surface area contributed by atoms with Crippen LogP contribution in [0.2, 0.25) is 0 Å². The molecule has 27 heavy (non-hydrogen) atoms. The molecule has 0 amide bonds. The molecule has 1 aliphatic heterocycles.